The number of ether oxygens (including phenoxy) is 1. The summed E-state index contributed by atoms with van der Waals surface area (Å²) >= 11 is 3.45. The number of halogens is 1. The molecule has 1 aromatic heterocycles. The van der Waals surface area contributed by atoms with Crippen LogP contribution in [0.25, 0.3) is 0 Å². The molecule has 1 N–H and O–H groups in total. The zero-order valence-corrected chi connectivity index (χ0v) is 14.8. The van der Waals surface area contributed by atoms with E-state index in [-0.39, 0.29) is 5.69 Å². The quantitative estimate of drug-likeness (QED) is 0.496. The van der Waals surface area contributed by atoms with E-state index in [4.69, 9.17) is 4.74 Å². The second-order valence-corrected chi connectivity index (χ2v) is 6.05. The molecule has 0 unspecified atom stereocenters. The summed E-state index contributed by atoms with van der Waals surface area (Å²) in [5.41, 5.74) is 1.27. The van der Waals surface area contributed by atoms with Crippen LogP contribution in [-0.2, 0) is 6.54 Å². The minimum absolute atomic E-state index is 0.00602. The number of nitrogens with one attached hydrogen (secondary N) is 1. The highest BCUT2D eigenvalue weighted by atomic mass is 79.9. The van der Waals surface area contributed by atoms with E-state index >= 15 is 0 Å². The SMILES string of the molecule is CNc1cc(Oc2ccc(Br)cc2Cn2cncn2)ccc1[N+](=O)[O-]. The van der Waals surface area contributed by atoms with E-state index in [1.807, 2.05) is 18.2 Å². The van der Waals surface area contributed by atoms with Crippen LogP contribution in [0.2, 0.25) is 0 Å². The molecule has 9 heteroatoms. The third-order valence-corrected chi connectivity index (χ3v) is 3.98. The van der Waals surface area contributed by atoms with Crippen molar-refractivity contribution in [2.45, 2.75) is 6.54 Å². The van der Waals surface area contributed by atoms with Crippen LogP contribution >= 0.6 is 15.9 Å². The summed E-state index contributed by atoms with van der Waals surface area (Å²) in [4.78, 5) is 14.5. The molecule has 128 valence electrons. The minimum Gasteiger partial charge on any atom is -0.457 e. The molecule has 3 aromatic rings. The Kier molecular flexibility index (Phi) is 4.94. The smallest absolute Gasteiger partial charge is 0.292 e. The molecule has 0 aliphatic rings. The van der Waals surface area contributed by atoms with Crippen LogP contribution in [0.4, 0.5) is 11.4 Å². The van der Waals surface area contributed by atoms with Gasteiger partial charge in [0.1, 0.15) is 29.8 Å². The maximum Gasteiger partial charge on any atom is 0.292 e. The molecule has 0 saturated heterocycles. The first-order valence-corrected chi connectivity index (χ1v) is 8.11. The first-order chi connectivity index (χ1) is 12.1. The molecule has 2 aromatic carbocycles. The second kappa shape index (κ2) is 7.31. The minimum atomic E-state index is -0.439. The van der Waals surface area contributed by atoms with Gasteiger partial charge in [0, 0.05) is 29.2 Å². The third-order valence-electron chi connectivity index (χ3n) is 3.48. The van der Waals surface area contributed by atoms with Crippen LogP contribution < -0.4 is 10.1 Å². The molecule has 0 spiro atoms. The first-order valence-electron chi connectivity index (χ1n) is 7.31. The molecular weight excluding hydrogens is 390 g/mol. The number of hydrogen-bond acceptors (Lipinski definition) is 6. The zero-order chi connectivity index (χ0) is 17.8. The Labute approximate surface area is 151 Å². The Morgan fingerprint density at radius 3 is 2.84 bits per heavy atom. The van der Waals surface area contributed by atoms with Crippen LogP contribution in [-0.4, -0.2) is 26.7 Å². The number of benzene rings is 2. The summed E-state index contributed by atoms with van der Waals surface area (Å²) in [5, 5.41) is 17.9. The van der Waals surface area contributed by atoms with Gasteiger partial charge in [0.05, 0.1) is 11.5 Å². The van der Waals surface area contributed by atoms with Gasteiger partial charge in [-0.3, -0.25) is 10.1 Å². The van der Waals surface area contributed by atoms with E-state index in [2.05, 4.69) is 31.3 Å². The maximum absolute atomic E-state index is 11.0. The monoisotopic (exact) mass is 403 g/mol. The van der Waals surface area contributed by atoms with Gasteiger partial charge in [-0.25, -0.2) is 9.67 Å². The molecule has 25 heavy (non-hydrogen) atoms. The molecular formula is C16H14BrN5O3. The molecule has 0 bridgehead atoms. The fourth-order valence-corrected chi connectivity index (χ4v) is 2.73. The Bertz CT molecular complexity index is 899. The van der Waals surface area contributed by atoms with Crippen LogP contribution in [0.5, 0.6) is 11.5 Å². The number of aromatic nitrogens is 3. The van der Waals surface area contributed by atoms with Gasteiger partial charge in [0.2, 0.25) is 0 Å². The predicted molar refractivity (Wildman–Crippen MR) is 96.0 cm³/mol. The van der Waals surface area contributed by atoms with Gasteiger partial charge >= 0.3 is 0 Å². The van der Waals surface area contributed by atoms with Crippen molar-refractivity contribution in [3.63, 3.8) is 0 Å². The summed E-state index contributed by atoms with van der Waals surface area (Å²) in [6.07, 6.45) is 3.09. The van der Waals surface area contributed by atoms with E-state index in [0.29, 0.717) is 23.7 Å². The Balaban J connectivity index is 1.91. The second-order valence-electron chi connectivity index (χ2n) is 5.13. The first kappa shape index (κ1) is 16.9. The number of anilines is 1. The van der Waals surface area contributed by atoms with Crippen LogP contribution in [0.1, 0.15) is 5.56 Å². The summed E-state index contributed by atoms with van der Waals surface area (Å²) < 4.78 is 8.54. The van der Waals surface area contributed by atoms with Crippen LogP contribution in [0, 0.1) is 10.1 Å². The normalized spacial score (nSPS) is 10.5. The van der Waals surface area contributed by atoms with Crippen molar-refractivity contribution in [2.75, 3.05) is 12.4 Å². The molecule has 0 aliphatic carbocycles. The standard InChI is InChI=1S/C16H14BrN5O3/c1-18-14-7-13(3-4-15(14)22(23)24)25-16-5-2-12(17)6-11(16)8-21-10-19-9-20-21/h2-7,9-10,18H,8H2,1H3. The predicted octanol–water partition coefficient (Wildman–Crippen LogP) is 3.83. The topological polar surface area (TPSA) is 95.1 Å². The van der Waals surface area contributed by atoms with Crippen LogP contribution in [0.3, 0.4) is 0 Å². The summed E-state index contributed by atoms with van der Waals surface area (Å²) in [5.74, 6) is 1.13. The van der Waals surface area contributed by atoms with Crippen LogP contribution in [0.15, 0.2) is 53.5 Å². The highest BCUT2D eigenvalue weighted by Crippen LogP contribution is 2.33. The lowest BCUT2D eigenvalue weighted by Gasteiger charge is -2.13. The van der Waals surface area contributed by atoms with Gasteiger partial charge in [-0.1, -0.05) is 15.9 Å². The van der Waals surface area contributed by atoms with Gasteiger partial charge in [-0.15, -0.1) is 0 Å². The molecule has 0 saturated carbocycles. The number of nitrogens with zero attached hydrogens (tertiary/aromatic N) is 4. The Hall–Kier alpha value is -2.94. The lowest BCUT2D eigenvalue weighted by atomic mass is 10.2. The van der Waals surface area contributed by atoms with Gasteiger partial charge < -0.3 is 10.1 Å². The maximum atomic E-state index is 11.0. The lowest BCUT2D eigenvalue weighted by molar-refractivity contribution is -0.384. The zero-order valence-electron chi connectivity index (χ0n) is 13.2. The number of nitro benzene ring substituents is 1. The van der Waals surface area contributed by atoms with Gasteiger partial charge in [-0.05, 0) is 24.3 Å². The highest BCUT2D eigenvalue weighted by Gasteiger charge is 2.15. The number of rotatable bonds is 6. The van der Waals surface area contributed by atoms with Crippen molar-refractivity contribution in [1.29, 1.82) is 0 Å². The molecule has 1 heterocycles. The summed E-state index contributed by atoms with van der Waals surface area (Å²) in [6, 6.07) is 10.2. The average Bonchev–Trinajstić information content (AvgIpc) is 3.10. The molecule has 0 fully saturated rings. The largest absolute Gasteiger partial charge is 0.457 e. The van der Waals surface area contributed by atoms with Crippen molar-refractivity contribution < 1.29 is 9.66 Å². The highest BCUT2D eigenvalue weighted by molar-refractivity contribution is 9.10. The Morgan fingerprint density at radius 2 is 2.16 bits per heavy atom. The summed E-state index contributed by atoms with van der Waals surface area (Å²) in [6.45, 7) is 0.487. The van der Waals surface area contributed by atoms with E-state index in [1.165, 1.54) is 12.4 Å². The van der Waals surface area contributed by atoms with E-state index < -0.39 is 4.92 Å². The fourth-order valence-electron chi connectivity index (χ4n) is 2.33. The van der Waals surface area contributed by atoms with Crippen molar-refractivity contribution in [1.82, 2.24) is 14.8 Å². The fraction of sp³-hybridized carbons (Fsp3) is 0.125. The molecule has 0 amide bonds. The molecule has 0 radical (unpaired) electrons. The molecule has 3 rings (SSSR count). The van der Waals surface area contributed by atoms with Gasteiger partial charge in [0.25, 0.3) is 5.69 Å². The summed E-state index contributed by atoms with van der Waals surface area (Å²) in [7, 11) is 1.63. The number of hydrogen-bond donors (Lipinski definition) is 1. The van der Waals surface area contributed by atoms with Gasteiger partial charge in [-0.2, -0.15) is 5.10 Å². The van der Waals surface area contributed by atoms with Crippen molar-refractivity contribution in [3.8, 4) is 11.5 Å². The van der Waals surface area contributed by atoms with Gasteiger partial charge in [0.15, 0.2) is 0 Å². The lowest BCUT2D eigenvalue weighted by Crippen LogP contribution is -2.02. The molecule has 8 nitrogen and oxygen atoms in total. The third kappa shape index (κ3) is 3.94. The average molecular weight is 404 g/mol. The van der Waals surface area contributed by atoms with Crippen molar-refractivity contribution in [2.24, 2.45) is 0 Å². The number of nitro groups is 1. The van der Waals surface area contributed by atoms with E-state index in [1.54, 1.807) is 30.2 Å². The van der Waals surface area contributed by atoms with E-state index in [9.17, 15) is 10.1 Å². The van der Waals surface area contributed by atoms with Crippen molar-refractivity contribution in [3.05, 3.63) is 69.2 Å². The molecule has 0 aliphatic heterocycles. The molecule has 0 atom stereocenters. The van der Waals surface area contributed by atoms with E-state index in [0.717, 1.165) is 10.0 Å². The Morgan fingerprint density at radius 1 is 1.32 bits per heavy atom. The van der Waals surface area contributed by atoms with Crippen molar-refractivity contribution >= 4 is 27.3 Å².